The van der Waals surface area contributed by atoms with E-state index < -0.39 is 18.5 Å². The molecule has 2 aliphatic rings. The molecule has 4 rings (SSSR count). The van der Waals surface area contributed by atoms with Gasteiger partial charge in [-0.2, -0.15) is 0 Å². The number of nitrogens with one attached hydrogen (secondary N) is 2. The Hall–Kier alpha value is -2.85. The number of carbonyl (C=O) groups is 1. The zero-order chi connectivity index (χ0) is 23.5. The number of alkyl halides is 1. The Labute approximate surface area is 192 Å². The van der Waals surface area contributed by atoms with Crippen molar-refractivity contribution in [3.63, 3.8) is 0 Å². The molecule has 0 radical (unpaired) electrons. The Morgan fingerprint density at radius 2 is 2.12 bits per heavy atom. The third-order valence-electron chi connectivity index (χ3n) is 6.00. The van der Waals surface area contributed by atoms with Crippen LogP contribution in [-0.2, 0) is 17.8 Å². The molecule has 2 N–H and O–H groups in total. The maximum absolute atomic E-state index is 15.1. The molecule has 3 heterocycles. The highest BCUT2D eigenvalue weighted by Gasteiger charge is 2.32. The van der Waals surface area contributed by atoms with Gasteiger partial charge in [0.1, 0.15) is 18.3 Å². The molecule has 1 saturated heterocycles. The molecule has 2 amide bonds. The molecule has 33 heavy (non-hydrogen) atoms. The number of amides is 2. The number of halogens is 2. The topological polar surface area (TPSA) is 82.6 Å². The molecule has 10 heteroatoms. The third-order valence-corrected chi connectivity index (χ3v) is 6.00. The highest BCUT2D eigenvalue weighted by molar-refractivity contribution is 5.89. The number of anilines is 2. The van der Waals surface area contributed by atoms with Gasteiger partial charge < -0.3 is 20.3 Å². The monoisotopic (exact) mass is 460 g/mol. The van der Waals surface area contributed by atoms with Gasteiger partial charge in [0.05, 0.1) is 30.5 Å². The fraction of sp³-hybridized carbons (Fsp3) is 0.522. The molecule has 0 bridgehead atoms. The number of benzene rings is 1. The van der Waals surface area contributed by atoms with Crippen LogP contribution >= 0.6 is 0 Å². The Bertz CT molecular complexity index is 1020. The Balaban J connectivity index is 1.68. The molecule has 0 unspecified atom stereocenters. The van der Waals surface area contributed by atoms with Crippen LogP contribution in [0.1, 0.15) is 32.0 Å². The molecule has 1 atom stereocenters. The number of urea groups is 1. The van der Waals surface area contributed by atoms with Crippen molar-refractivity contribution in [3.05, 3.63) is 35.3 Å². The third kappa shape index (κ3) is 5.06. The van der Waals surface area contributed by atoms with Gasteiger partial charge in [-0.3, -0.25) is 4.90 Å². The number of ether oxygens (including phenoxy) is 1. The summed E-state index contributed by atoms with van der Waals surface area (Å²) in [6.45, 7) is 8.99. The van der Waals surface area contributed by atoms with Gasteiger partial charge in [0, 0.05) is 43.5 Å². The van der Waals surface area contributed by atoms with E-state index in [0.717, 1.165) is 23.6 Å². The minimum atomic E-state index is -0.672. The number of fused-ring (bicyclic) bond motifs is 1. The Morgan fingerprint density at radius 1 is 1.30 bits per heavy atom. The van der Waals surface area contributed by atoms with E-state index in [4.69, 9.17) is 14.7 Å². The normalized spacial score (nSPS) is 18.5. The second-order valence-electron chi connectivity index (χ2n) is 8.68. The molecular formula is C23H30F2N6O2. The predicted octanol–water partition coefficient (Wildman–Crippen LogP) is 3.32. The van der Waals surface area contributed by atoms with Gasteiger partial charge in [-0.25, -0.2) is 23.5 Å². The minimum Gasteiger partial charge on any atom is -0.377 e. The van der Waals surface area contributed by atoms with E-state index in [1.807, 2.05) is 0 Å². The zero-order valence-corrected chi connectivity index (χ0v) is 19.2. The first-order valence-corrected chi connectivity index (χ1v) is 11.3. The summed E-state index contributed by atoms with van der Waals surface area (Å²) in [5, 5.41) is 4.84. The number of hydrogen-bond acceptors (Lipinski definition) is 6. The lowest BCUT2D eigenvalue weighted by atomic mass is 10.1. The maximum atomic E-state index is 15.1. The lowest BCUT2D eigenvalue weighted by Gasteiger charge is -2.35. The summed E-state index contributed by atoms with van der Waals surface area (Å²) in [6, 6.07) is 4.27. The summed E-state index contributed by atoms with van der Waals surface area (Å²) in [5.74, 6) is 0.609. The quantitative estimate of drug-likeness (QED) is 0.688. The molecule has 178 valence electrons. The van der Waals surface area contributed by atoms with Crippen molar-refractivity contribution in [2.45, 2.75) is 45.9 Å². The van der Waals surface area contributed by atoms with Crippen molar-refractivity contribution >= 4 is 17.5 Å². The molecule has 8 nitrogen and oxygen atoms in total. The standard InChI is InChI=1S/C23H30F2N6O2/c1-14(2)30-11-18-20(12-30)28-21(29-22(18)31-8-9-33-13-15(31)3)17-5-4-16(10-19(17)25)27-23(32)26-7-6-24/h4-5,10,14-15H,6-9,11-13H2,1-3H3,(H2,26,27,32)/t15-/m0/s1. The summed E-state index contributed by atoms with van der Waals surface area (Å²) in [7, 11) is 0. The van der Waals surface area contributed by atoms with Gasteiger partial charge in [-0.15, -0.1) is 0 Å². The lowest BCUT2D eigenvalue weighted by molar-refractivity contribution is 0.0984. The van der Waals surface area contributed by atoms with Gasteiger partial charge in [0.2, 0.25) is 0 Å². The van der Waals surface area contributed by atoms with E-state index >= 15 is 4.39 Å². The second-order valence-corrected chi connectivity index (χ2v) is 8.68. The van der Waals surface area contributed by atoms with Crippen LogP contribution in [0.5, 0.6) is 0 Å². The molecular weight excluding hydrogens is 430 g/mol. The average Bonchev–Trinajstić information content (AvgIpc) is 3.22. The highest BCUT2D eigenvalue weighted by Crippen LogP contribution is 2.35. The van der Waals surface area contributed by atoms with Crippen LogP contribution in [0.3, 0.4) is 0 Å². The summed E-state index contributed by atoms with van der Waals surface area (Å²) in [6.07, 6.45) is 0. The van der Waals surface area contributed by atoms with Crippen LogP contribution in [-0.4, -0.2) is 66.0 Å². The van der Waals surface area contributed by atoms with Crippen molar-refractivity contribution < 1.29 is 18.3 Å². The van der Waals surface area contributed by atoms with Crippen molar-refractivity contribution in [1.82, 2.24) is 20.2 Å². The van der Waals surface area contributed by atoms with Crippen LogP contribution in [0.25, 0.3) is 11.4 Å². The number of morpholine rings is 1. The van der Waals surface area contributed by atoms with Gasteiger partial charge in [0.15, 0.2) is 5.82 Å². The van der Waals surface area contributed by atoms with E-state index in [1.165, 1.54) is 6.07 Å². The van der Waals surface area contributed by atoms with Gasteiger partial charge >= 0.3 is 6.03 Å². The SMILES string of the molecule is CC(C)N1Cc2nc(-c3ccc(NC(=O)NCCF)cc3F)nc(N3CCOC[C@@H]3C)c2C1. The summed E-state index contributed by atoms with van der Waals surface area (Å²) < 4.78 is 32.9. The van der Waals surface area contributed by atoms with Crippen molar-refractivity contribution in [2.75, 3.05) is 43.2 Å². The van der Waals surface area contributed by atoms with E-state index in [-0.39, 0.29) is 23.8 Å². The van der Waals surface area contributed by atoms with Crippen molar-refractivity contribution in [1.29, 1.82) is 0 Å². The fourth-order valence-electron chi connectivity index (χ4n) is 4.14. The fourth-order valence-corrected chi connectivity index (χ4v) is 4.14. The van der Waals surface area contributed by atoms with E-state index in [9.17, 15) is 9.18 Å². The summed E-state index contributed by atoms with van der Waals surface area (Å²) in [5.41, 5.74) is 2.53. The van der Waals surface area contributed by atoms with Crippen molar-refractivity contribution in [2.24, 2.45) is 0 Å². The van der Waals surface area contributed by atoms with Crippen LogP contribution in [0.15, 0.2) is 18.2 Å². The molecule has 1 aromatic heterocycles. The molecule has 1 aromatic carbocycles. The van der Waals surface area contributed by atoms with E-state index in [1.54, 1.807) is 12.1 Å². The van der Waals surface area contributed by atoms with Crippen molar-refractivity contribution in [3.8, 4) is 11.4 Å². The first-order valence-electron chi connectivity index (χ1n) is 11.3. The maximum Gasteiger partial charge on any atom is 0.319 e. The summed E-state index contributed by atoms with van der Waals surface area (Å²) >= 11 is 0. The zero-order valence-electron chi connectivity index (χ0n) is 19.2. The first-order chi connectivity index (χ1) is 15.9. The minimum absolute atomic E-state index is 0.106. The van der Waals surface area contributed by atoms with Gasteiger partial charge in [0.25, 0.3) is 0 Å². The number of hydrogen-bond donors (Lipinski definition) is 2. The molecule has 0 saturated carbocycles. The number of aromatic nitrogens is 2. The molecule has 1 fully saturated rings. The highest BCUT2D eigenvalue weighted by atomic mass is 19.1. The molecule has 2 aromatic rings. The Kier molecular flexibility index (Phi) is 7.04. The number of rotatable bonds is 6. The molecule has 0 spiro atoms. The number of nitrogens with zero attached hydrogens (tertiary/aromatic N) is 4. The molecule has 0 aliphatic carbocycles. The Morgan fingerprint density at radius 3 is 2.82 bits per heavy atom. The second kappa shape index (κ2) is 9.96. The molecule has 2 aliphatic heterocycles. The lowest BCUT2D eigenvalue weighted by Crippen LogP contribution is -2.44. The smallest absolute Gasteiger partial charge is 0.319 e. The first kappa shape index (κ1) is 23.3. The largest absolute Gasteiger partial charge is 0.377 e. The van der Waals surface area contributed by atoms with E-state index in [0.29, 0.717) is 38.2 Å². The number of carbonyl (C=O) groups excluding carboxylic acids is 1. The van der Waals surface area contributed by atoms with Crippen LogP contribution < -0.4 is 15.5 Å². The van der Waals surface area contributed by atoms with Crippen LogP contribution in [0.2, 0.25) is 0 Å². The average molecular weight is 461 g/mol. The van der Waals surface area contributed by atoms with Gasteiger partial charge in [-0.05, 0) is 39.0 Å². The summed E-state index contributed by atoms with van der Waals surface area (Å²) in [4.78, 5) is 25.8. The van der Waals surface area contributed by atoms with Crippen LogP contribution in [0.4, 0.5) is 25.1 Å². The van der Waals surface area contributed by atoms with E-state index in [2.05, 4.69) is 41.2 Å². The van der Waals surface area contributed by atoms with Crippen LogP contribution in [0, 0.1) is 5.82 Å². The van der Waals surface area contributed by atoms with Gasteiger partial charge in [-0.1, -0.05) is 0 Å². The predicted molar refractivity (Wildman–Crippen MR) is 122 cm³/mol.